The monoisotopic (exact) mass is 320 g/mol. The number of imidazole rings is 1. The molecule has 0 spiro atoms. The Morgan fingerprint density at radius 3 is 2.74 bits per heavy atom. The minimum Gasteiger partial charge on any atom is -0.324 e. The lowest BCUT2D eigenvalue weighted by atomic mass is 10.1. The highest BCUT2D eigenvalue weighted by Crippen LogP contribution is 2.29. The minimum absolute atomic E-state index is 0.160. The van der Waals surface area contributed by atoms with E-state index in [4.69, 9.17) is 0 Å². The topological polar surface area (TPSA) is 35.6 Å². The van der Waals surface area contributed by atoms with Crippen LogP contribution in [-0.4, -0.2) is 19.3 Å². The van der Waals surface area contributed by atoms with Gasteiger partial charge in [-0.3, -0.25) is 0 Å². The summed E-state index contributed by atoms with van der Waals surface area (Å²) in [7, 11) is 0. The summed E-state index contributed by atoms with van der Waals surface area (Å²) in [5.74, 6) is 0.994. The van der Waals surface area contributed by atoms with Gasteiger partial charge in [-0.1, -0.05) is 18.2 Å². The van der Waals surface area contributed by atoms with E-state index in [9.17, 15) is 0 Å². The molecule has 3 heterocycles. The van der Waals surface area contributed by atoms with Gasteiger partial charge in [-0.15, -0.1) is 0 Å². The third kappa shape index (κ3) is 2.49. The average molecular weight is 320 g/mol. The van der Waals surface area contributed by atoms with E-state index in [1.54, 1.807) is 17.5 Å². The maximum absolute atomic E-state index is 4.54. The highest BCUT2D eigenvalue weighted by atomic mass is 32.1. The molecule has 0 aliphatic heterocycles. The molecule has 0 aliphatic rings. The van der Waals surface area contributed by atoms with E-state index in [0.29, 0.717) is 0 Å². The van der Waals surface area contributed by atoms with E-state index in [1.165, 1.54) is 5.56 Å². The fourth-order valence-corrected chi connectivity index (χ4v) is 3.49. The number of hydrogen-bond acceptors (Lipinski definition) is 3. The molecule has 1 aromatic carbocycles. The van der Waals surface area contributed by atoms with E-state index in [-0.39, 0.29) is 6.04 Å². The zero-order valence-electron chi connectivity index (χ0n) is 12.7. The number of rotatable bonds is 4. The standard InChI is InChI=1S/C18H16N4S/c1-14(21-11-9-19-18(21)15-7-12-23-13-15)16-5-2-3-6-17(16)22-10-4-8-20-22/h2-14H,1H3/t14-/m1/s1. The van der Waals surface area contributed by atoms with E-state index in [1.807, 2.05) is 35.4 Å². The van der Waals surface area contributed by atoms with E-state index < -0.39 is 0 Å². The highest BCUT2D eigenvalue weighted by Gasteiger charge is 2.17. The molecule has 4 rings (SSSR count). The molecule has 0 unspecified atom stereocenters. The van der Waals surface area contributed by atoms with Gasteiger partial charge >= 0.3 is 0 Å². The second-order valence-corrected chi connectivity index (χ2v) is 6.14. The third-order valence-electron chi connectivity index (χ3n) is 4.00. The number of benzene rings is 1. The summed E-state index contributed by atoms with van der Waals surface area (Å²) in [5.41, 5.74) is 3.46. The van der Waals surface area contributed by atoms with Crippen LogP contribution in [0.4, 0.5) is 0 Å². The van der Waals surface area contributed by atoms with Gasteiger partial charge in [0.05, 0.1) is 11.7 Å². The third-order valence-corrected chi connectivity index (χ3v) is 4.69. The molecule has 0 bridgehead atoms. The van der Waals surface area contributed by atoms with Crippen LogP contribution in [0.1, 0.15) is 18.5 Å². The van der Waals surface area contributed by atoms with Gasteiger partial charge in [0.2, 0.25) is 0 Å². The molecule has 4 nitrogen and oxygen atoms in total. The zero-order chi connectivity index (χ0) is 15.6. The quantitative estimate of drug-likeness (QED) is 0.558. The summed E-state index contributed by atoms with van der Waals surface area (Å²) in [6.45, 7) is 2.19. The Balaban J connectivity index is 1.80. The van der Waals surface area contributed by atoms with Crippen LogP contribution in [0.3, 0.4) is 0 Å². The van der Waals surface area contributed by atoms with Crippen LogP contribution in [0, 0.1) is 0 Å². The van der Waals surface area contributed by atoms with Crippen LogP contribution >= 0.6 is 11.3 Å². The smallest absolute Gasteiger partial charge is 0.141 e. The SMILES string of the molecule is C[C@H](c1ccccc1-n1cccn1)n1ccnc1-c1ccsc1. The summed E-state index contributed by atoms with van der Waals surface area (Å²) < 4.78 is 4.12. The van der Waals surface area contributed by atoms with Crippen molar-refractivity contribution < 1.29 is 0 Å². The Morgan fingerprint density at radius 1 is 1.04 bits per heavy atom. The lowest BCUT2D eigenvalue weighted by Crippen LogP contribution is -2.11. The number of nitrogens with zero attached hydrogens (tertiary/aromatic N) is 4. The average Bonchev–Trinajstić information content (AvgIpc) is 3.35. The van der Waals surface area contributed by atoms with Gasteiger partial charge in [-0.05, 0) is 30.5 Å². The molecule has 0 radical (unpaired) electrons. The van der Waals surface area contributed by atoms with Gasteiger partial charge in [-0.25, -0.2) is 9.67 Å². The van der Waals surface area contributed by atoms with Gasteiger partial charge in [0.1, 0.15) is 5.82 Å². The van der Waals surface area contributed by atoms with E-state index in [2.05, 4.69) is 56.6 Å². The van der Waals surface area contributed by atoms with Crippen molar-refractivity contribution >= 4 is 11.3 Å². The summed E-state index contributed by atoms with van der Waals surface area (Å²) in [6.07, 6.45) is 7.67. The molecule has 0 N–H and O–H groups in total. The number of aromatic nitrogens is 4. The van der Waals surface area contributed by atoms with Crippen molar-refractivity contribution in [2.75, 3.05) is 0 Å². The van der Waals surface area contributed by atoms with Crippen LogP contribution in [0.15, 0.2) is 71.9 Å². The molecule has 114 valence electrons. The van der Waals surface area contributed by atoms with Crippen LogP contribution in [-0.2, 0) is 0 Å². The molecule has 5 heteroatoms. The maximum Gasteiger partial charge on any atom is 0.141 e. The Hall–Kier alpha value is -2.66. The summed E-state index contributed by atoms with van der Waals surface area (Å²) in [5, 5.41) is 8.59. The first-order valence-electron chi connectivity index (χ1n) is 7.49. The summed E-state index contributed by atoms with van der Waals surface area (Å²) in [6, 6.07) is 12.6. The molecule has 0 saturated carbocycles. The first kappa shape index (κ1) is 14.0. The predicted molar refractivity (Wildman–Crippen MR) is 92.9 cm³/mol. The Bertz CT molecular complexity index is 891. The van der Waals surface area contributed by atoms with Gasteiger partial charge in [0, 0.05) is 41.3 Å². The molecule has 23 heavy (non-hydrogen) atoms. The lowest BCUT2D eigenvalue weighted by molar-refractivity contribution is 0.638. The van der Waals surface area contributed by atoms with Crippen LogP contribution in [0.25, 0.3) is 17.1 Å². The van der Waals surface area contributed by atoms with E-state index >= 15 is 0 Å². The fraction of sp³-hybridized carbons (Fsp3) is 0.111. The van der Waals surface area contributed by atoms with Crippen molar-refractivity contribution in [3.8, 4) is 17.1 Å². The number of thiophene rings is 1. The van der Waals surface area contributed by atoms with Crippen LogP contribution in [0.5, 0.6) is 0 Å². The largest absolute Gasteiger partial charge is 0.324 e. The second-order valence-electron chi connectivity index (χ2n) is 5.36. The fourth-order valence-electron chi connectivity index (χ4n) is 2.85. The van der Waals surface area contributed by atoms with Crippen LogP contribution < -0.4 is 0 Å². The first-order chi connectivity index (χ1) is 11.3. The molecule has 1 atom stereocenters. The van der Waals surface area contributed by atoms with E-state index in [0.717, 1.165) is 17.1 Å². The molecule has 0 aliphatic carbocycles. The van der Waals surface area contributed by atoms with Gasteiger partial charge < -0.3 is 4.57 Å². The van der Waals surface area contributed by atoms with Crippen molar-refractivity contribution in [2.24, 2.45) is 0 Å². The number of hydrogen-bond donors (Lipinski definition) is 0. The van der Waals surface area contributed by atoms with Crippen molar-refractivity contribution in [1.82, 2.24) is 19.3 Å². The molecular weight excluding hydrogens is 304 g/mol. The van der Waals surface area contributed by atoms with Crippen molar-refractivity contribution in [3.63, 3.8) is 0 Å². The Kier molecular flexibility index (Phi) is 3.55. The number of para-hydroxylation sites is 1. The van der Waals surface area contributed by atoms with Crippen molar-refractivity contribution in [2.45, 2.75) is 13.0 Å². The normalized spacial score (nSPS) is 12.4. The Labute approximate surface area is 138 Å². The molecule has 0 amide bonds. The van der Waals surface area contributed by atoms with Gasteiger partial charge in [-0.2, -0.15) is 16.4 Å². The van der Waals surface area contributed by atoms with Crippen LogP contribution in [0.2, 0.25) is 0 Å². The first-order valence-corrected chi connectivity index (χ1v) is 8.43. The van der Waals surface area contributed by atoms with Gasteiger partial charge in [0.25, 0.3) is 0 Å². The molecule has 4 aromatic rings. The minimum atomic E-state index is 0.160. The predicted octanol–water partition coefficient (Wildman–Crippen LogP) is 4.41. The van der Waals surface area contributed by atoms with Crippen molar-refractivity contribution in [1.29, 1.82) is 0 Å². The molecule has 0 saturated heterocycles. The summed E-state index contributed by atoms with van der Waals surface area (Å²) >= 11 is 1.69. The van der Waals surface area contributed by atoms with Crippen molar-refractivity contribution in [3.05, 3.63) is 77.5 Å². The maximum atomic E-state index is 4.54. The highest BCUT2D eigenvalue weighted by molar-refractivity contribution is 7.08. The molecular formula is C18H16N4S. The molecule has 3 aromatic heterocycles. The second kappa shape index (κ2) is 5.85. The Morgan fingerprint density at radius 2 is 1.96 bits per heavy atom. The van der Waals surface area contributed by atoms with Gasteiger partial charge in [0.15, 0.2) is 0 Å². The lowest BCUT2D eigenvalue weighted by Gasteiger charge is -2.19. The molecule has 0 fully saturated rings. The summed E-state index contributed by atoms with van der Waals surface area (Å²) in [4.78, 5) is 4.54. The zero-order valence-corrected chi connectivity index (χ0v) is 13.5.